The van der Waals surface area contributed by atoms with E-state index in [-0.39, 0.29) is 23.8 Å². The van der Waals surface area contributed by atoms with E-state index in [4.69, 9.17) is 20.4 Å². The molecule has 0 radical (unpaired) electrons. The van der Waals surface area contributed by atoms with Crippen LogP contribution in [0.2, 0.25) is 0 Å². The molecule has 1 unspecified atom stereocenters. The number of aromatic nitrogens is 3. The summed E-state index contributed by atoms with van der Waals surface area (Å²) in [7, 11) is 1.75. The summed E-state index contributed by atoms with van der Waals surface area (Å²) in [4.78, 5) is 8.81. The van der Waals surface area contributed by atoms with Crippen molar-refractivity contribution in [1.29, 1.82) is 5.41 Å². The van der Waals surface area contributed by atoms with E-state index in [0.29, 0.717) is 40.1 Å². The average Bonchev–Trinajstić information content (AvgIpc) is 3.16. The maximum Gasteiger partial charge on any atom is 0.258 e. The summed E-state index contributed by atoms with van der Waals surface area (Å²) in [5.74, 6) is 0.372. The molecule has 1 aliphatic heterocycles. The second kappa shape index (κ2) is 8.17. The van der Waals surface area contributed by atoms with Crippen LogP contribution in [0.15, 0.2) is 40.7 Å². The number of hydrogen-bond acceptors (Lipinski definition) is 8. The SMILES string of the molecule is CCc1noc2c1-c1cnc(N)c(n1)OC(C)c1cc(F)ccc1C(=N)/C(=C\NC)C2. The molecule has 1 atom stereocenters. The number of benzene rings is 1. The van der Waals surface area contributed by atoms with Crippen molar-refractivity contribution in [3.05, 3.63) is 64.6 Å². The first-order valence-corrected chi connectivity index (χ1v) is 9.94. The van der Waals surface area contributed by atoms with Gasteiger partial charge in [0.15, 0.2) is 11.6 Å². The average molecular weight is 422 g/mol. The van der Waals surface area contributed by atoms with E-state index in [1.54, 1.807) is 32.4 Å². The summed E-state index contributed by atoms with van der Waals surface area (Å²) in [5, 5.41) is 16.0. The van der Waals surface area contributed by atoms with Gasteiger partial charge in [-0.3, -0.25) is 5.41 Å². The molecule has 0 saturated carbocycles. The molecule has 3 heterocycles. The van der Waals surface area contributed by atoms with Crippen LogP contribution in [0.3, 0.4) is 0 Å². The normalized spacial score (nSPS) is 17.2. The van der Waals surface area contributed by atoms with Crippen LogP contribution in [0.25, 0.3) is 11.3 Å². The number of nitrogens with one attached hydrogen (secondary N) is 2. The molecule has 3 aromatic rings. The van der Waals surface area contributed by atoms with Gasteiger partial charge in [0.2, 0.25) is 0 Å². The van der Waals surface area contributed by atoms with Crippen LogP contribution < -0.4 is 15.8 Å². The first-order valence-electron chi connectivity index (χ1n) is 9.94. The third-order valence-electron chi connectivity index (χ3n) is 5.19. The molecule has 0 aliphatic carbocycles. The fourth-order valence-electron chi connectivity index (χ4n) is 3.66. The van der Waals surface area contributed by atoms with Gasteiger partial charge in [0, 0.05) is 36.4 Å². The molecule has 2 aromatic heterocycles. The molecule has 9 heteroatoms. The van der Waals surface area contributed by atoms with Crippen LogP contribution in [0.5, 0.6) is 5.88 Å². The van der Waals surface area contributed by atoms with Crippen molar-refractivity contribution in [1.82, 2.24) is 20.4 Å². The number of rotatable bonds is 2. The molecule has 160 valence electrons. The monoisotopic (exact) mass is 422 g/mol. The maximum absolute atomic E-state index is 14.1. The molecule has 1 aliphatic rings. The Labute approximate surface area is 178 Å². The largest absolute Gasteiger partial charge is 0.467 e. The second-order valence-corrected chi connectivity index (χ2v) is 7.23. The van der Waals surface area contributed by atoms with E-state index in [1.165, 1.54) is 12.1 Å². The number of aryl methyl sites for hydroxylation is 1. The van der Waals surface area contributed by atoms with Crippen molar-refractivity contribution < 1.29 is 13.7 Å². The van der Waals surface area contributed by atoms with Gasteiger partial charge in [0.05, 0.1) is 28.9 Å². The van der Waals surface area contributed by atoms with E-state index in [0.717, 1.165) is 5.69 Å². The highest BCUT2D eigenvalue weighted by Gasteiger charge is 2.26. The summed E-state index contributed by atoms with van der Waals surface area (Å²) >= 11 is 0. The Balaban J connectivity index is 1.99. The van der Waals surface area contributed by atoms with Gasteiger partial charge in [-0.05, 0) is 31.5 Å². The van der Waals surface area contributed by atoms with Crippen molar-refractivity contribution in [2.45, 2.75) is 32.8 Å². The number of allylic oxidation sites excluding steroid dienone is 1. The van der Waals surface area contributed by atoms with Gasteiger partial charge in [-0.15, -0.1) is 0 Å². The molecule has 4 rings (SSSR count). The molecule has 2 bridgehead atoms. The first-order chi connectivity index (χ1) is 14.9. The van der Waals surface area contributed by atoms with E-state index in [2.05, 4.69) is 20.4 Å². The minimum absolute atomic E-state index is 0.118. The Morgan fingerprint density at radius 2 is 2.19 bits per heavy atom. The molecule has 0 saturated heterocycles. The smallest absolute Gasteiger partial charge is 0.258 e. The predicted octanol–water partition coefficient (Wildman–Crippen LogP) is 3.58. The molecular weight excluding hydrogens is 399 g/mol. The van der Waals surface area contributed by atoms with E-state index < -0.39 is 11.9 Å². The summed E-state index contributed by atoms with van der Waals surface area (Å²) in [6.07, 6.45) is 3.57. The van der Waals surface area contributed by atoms with Crippen LogP contribution in [0.1, 0.15) is 42.5 Å². The Morgan fingerprint density at radius 3 is 2.94 bits per heavy atom. The number of nitrogens with zero attached hydrogens (tertiary/aromatic N) is 3. The number of ether oxygens (including phenoxy) is 1. The molecule has 0 fully saturated rings. The van der Waals surface area contributed by atoms with Crippen LogP contribution in [0.4, 0.5) is 10.2 Å². The lowest BCUT2D eigenvalue weighted by Gasteiger charge is -2.21. The number of nitrogens with two attached hydrogens (primary N) is 1. The van der Waals surface area contributed by atoms with Crippen molar-refractivity contribution in [2.24, 2.45) is 0 Å². The minimum Gasteiger partial charge on any atom is -0.467 e. The lowest BCUT2D eigenvalue weighted by Crippen LogP contribution is -2.17. The van der Waals surface area contributed by atoms with Gasteiger partial charge in [0.25, 0.3) is 5.88 Å². The third kappa shape index (κ3) is 3.74. The lowest BCUT2D eigenvalue weighted by molar-refractivity contribution is 0.217. The van der Waals surface area contributed by atoms with Crippen molar-refractivity contribution in [3.8, 4) is 17.1 Å². The number of halogens is 1. The summed E-state index contributed by atoms with van der Waals surface area (Å²) in [6.45, 7) is 3.73. The van der Waals surface area contributed by atoms with E-state index in [9.17, 15) is 4.39 Å². The molecular formula is C22H23FN6O2. The standard InChI is InChI=1S/C22H23FN6O2/c1-4-16-19-17-10-27-21(25)22(28-17)30-11(2)15-8-13(23)5-6-14(15)20(24)12(9-26-3)7-18(19)31-29-16/h5-6,8-11,24,26H,4,7H2,1-3H3,(H2,25,27)/b12-9-,24-20?. The molecule has 0 spiro atoms. The zero-order chi connectivity index (χ0) is 22.1. The first kappa shape index (κ1) is 20.5. The third-order valence-corrected chi connectivity index (χ3v) is 5.19. The fourth-order valence-corrected chi connectivity index (χ4v) is 3.66. The quantitative estimate of drug-likeness (QED) is 0.577. The lowest BCUT2D eigenvalue weighted by atomic mass is 9.92. The van der Waals surface area contributed by atoms with Crippen LogP contribution in [-0.4, -0.2) is 27.9 Å². The van der Waals surface area contributed by atoms with E-state index in [1.807, 2.05) is 6.92 Å². The summed E-state index contributed by atoms with van der Waals surface area (Å²) in [6, 6.07) is 4.26. The Morgan fingerprint density at radius 1 is 1.39 bits per heavy atom. The highest BCUT2D eigenvalue weighted by Crippen LogP contribution is 2.34. The van der Waals surface area contributed by atoms with Crippen LogP contribution >= 0.6 is 0 Å². The molecule has 4 N–H and O–H groups in total. The van der Waals surface area contributed by atoms with Crippen LogP contribution in [0, 0.1) is 11.2 Å². The highest BCUT2D eigenvalue weighted by atomic mass is 19.1. The maximum atomic E-state index is 14.1. The van der Waals surface area contributed by atoms with Crippen LogP contribution in [-0.2, 0) is 12.8 Å². The Kier molecular flexibility index (Phi) is 5.41. The highest BCUT2D eigenvalue weighted by molar-refractivity contribution is 6.11. The van der Waals surface area contributed by atoms with Gasteiger partial charge in [0.1, 0.15) is 11.9 Å². The summed E-state index contributed by atoms with van der Waals surface area (Å²) in [5.41, 5.74) is 9.87. The molecule has 8 nitrogen and oxygen atoms in total. The Bertz CT molecular complexity index is 1190. The number of anilines is 1. The van der Waals surface area contributed by atoms with Crippen molar-refractivity contribution in [3.63, 3.8) is 0 Å². The fraction of sp³-hybridized carbons (Fsp3) is 0.273. The minimum atomic E-state index is -0.624. The van der Waals surface area contributed by atoms with Gasteiger partial charge in [-0.1, -0.05) is 12.1 Å². The Hall–Kier alpha value is -3.75. The van der Waals surface area contributed by atoms with Gasteiger partial charge >= 0.3 is 0 Å². The summed E-state index contributed by atoms with van der Waals surface area (Å²) < 4.78 is 25.8. The van der Waals surface area contributed by atoms with Crippen molar-refractivity contribution in [2.75, 3.05) is 12.8 Å². The van der Waals surface area contributed by atoms with Crippen molar-refractivity contribution >= 4 is 11.5 Å². The molecule has 1 aromatic carbocycles. The molecule has 31 heavy (non-hydrogen) atoms. The number of fused-ring (bicyclic) bond motifs is 5. The molecule has 0 amide bonds. The zero-order valence-electron chi connectivity index (χ0n) is 17.5. The van der Waals surface area contributed by atoms with Gasteiger partial charge in [-0.25, -0.2) is 14.4 Å². The number of hydrogen-bond donors (Lipinski definition) is 3. The predicted molar refractivity (Wildman–Crippen MR) is 114 cm³/mol. The topological polar surface area (TPSA) is 123 Å². The second-order valence-electron chi connectivity index (χ2n) is 7.23. The van der Waals surface area contributed by atoms with Gasteiger partial charge in [-0.2, -0.15) is 0 Å². The number of nitrogen functional groups attached to an aromatic ring is 1. The zero-order valence-corrected chi connectivity index (χ0v) is 17.5. The van der Waals surface area contributed by atoms with Gasteiger partial charge < -0.3 is 20.3 Å². The van der Waals surface area contributed by atoms with E-state index >= 15 is 0 Å².